The molecule has 5 heteroatoms. The lowest BCUT2D eigenvalue weighted by molar-refractivity contribution is -0.150. The summed E-state index contributed by atoms with van der Waals surface area (Å²) >= 11 is 0. The molecule has 1 aromatic heterocycles. The summed E-state index contributed by atoms with van der Waals surface area (Å²) in [5.41, 5.74) is -0.658. The number of aromatic nitrogens is 2. The van der Waals surface area contributed by atoms with Gasteiger partial charge < -0.3 is 14.6 Å². The number of rotatable bonds is 7. The Balaban J connectivity index is 2.72. The van der Waals surface area contributed by atoms with Crippen molar-refractivity contribution in [2.75, 3.05) is 13.7 Å². The minimum Gasteiger partial charge on any atom is -0.465 e. The van der Waals surface area contributed by atoms with Gasteiger partial charge in [0.15, 0.2) is 0 Å². The van der Waals surface area contributed by atoms with Crippen molar-refractivity contribution in [2.45, 2.75) is 52.1 Å². The molecular weight excluding hydrogens is 242 g/mol. The van der Waals surface area contributed by atoms with Gasteiger partial charge >= 0.3 is 5.97 Å². The van der Waals surface area contributed by atoms with Crippen molar-refractivity contribution >= 4 is 5.97 Å². The molecule has 0 saturated carbocycles. The van der Waals surface area contributed by atoms with Crippen molar-refractivity contribution in [1.29, 1.82) is 0 Å². The maximum Gasteiger partial charge on any atom is 0.326 e. The predicted octanol–water partition coefficient (Wildman–Crippen LogP) is 1.94. The maximum absolute atomic E-state index is 12.0. The summed E-state index contributed by atoms with van der Waals surface area (Å²) in [7, 11) is 1.79. The Morgan fingerprint density at radius 1 is 1.58 bits per heavy atom. The number of nitrogens with zero attached hydrogens (tertiary/aromatic N) is 2. The number of nitrogens with one attached hydrogen (secondary N) is 1. The number of carbonyl (C=O) groups excluding carboxylic acids is 1. The topological polar surface area (TPSA) is 56.2 Å². The second-order valence-corrected chi connectivity index (χ2v) is 5.19. The summed E-state index contributed by atoms with van der Waals surface area (Å²) in [5, 5.41) is 3.07. The van der Waals surface area contributed by atoms with Gasteiger partial charge in [0.2, 0.25) is 0 Å². The smallest absolute Gasteiger partial charge is 0.326 e. The van der Waals surface area contributed by atoms with Crippen molar-refractivity contribution in [2.24, 2.45) is 0 Å². The third-order valence-electron chi connectivity index (χ3n) is 3.39. The molecular formula is C14H25N3O2. The summed E-state index contributed by atoms with van der Waals surface area (Å²) in [6.45, 7) is 9.06. The van der Waals surface area contributed by atoms with E-state index in [1.807, 2.05) is 20.0 Å². The summed E-state index contributed by atoms with van der Waals surface area (Å²) in [5.74, 6) is 1.21. The van der Waals surface area contributed by atoms with Crippen LogP contribution in [0.25, 0.3) is 0 Å². The third kappa shape index (κ3) is 3.80. The van der Waals surface area contributed by atoms with E-state index in [0.29, 0.717) is 18.9 Å². The van der Waals surface area contributed by atoms with Gasteiger partial charge in [0.05, 0.1) is 6.61 Å². The van der Waals surface area contributed by atoms with Gasteiger partial charge in [-0.1, -0.05) is 13.8 Å². The zero-order valence-corrected chi connectivity index (χ0v) is 12.6. The first-order valence-electron chi connectivity index (χ1n) is 6.81. The van der Waals surface area contributed by atoms with Crippen LogP contribution in [-0.4, -0.2) is 34.7 Å². The fourth-order valence-electron chi connectivity index (χ4n) is 1.97. The first-order valence-corrected chi connectivity index (χ1v) is 6.81. The minimum atomic E-state index is -0.658. The van der Waals surface area contributed by atoms with Gasteiger partial charge in [-0.05, 0) is 27.3 Å². The summed E-state index contributed by atoms with van der Waals surface area (Å²) in [6.07, 6.45) is 4.42. The number of imidazole rings is 1. The third-order valence-corrected chi connectivity index (χ3v) is 3.39. The van der Waals surface area contributed by atoms with E-state index in [9.17, 15) is 4.79 Å². The molecule has 19 heavy (non-hydrogen) atoms. The van der Waals surface area contributed by atoms with Crippen molar-refractivity contribution in [1.82, 2.24) is 14.9 Å². The van der Waals surface area contributed by atoms with Crippen LogP contribution in [0.3, 0.4) is 0 Å². The van der Waals surface area contributed by atoms with Crippen LogP contribution >= 0.6 is 0 Å². The van der Waals surface area contributed by atoms with E-state index in [1.54, 1.807) is 13.2 Å². The molecule has 1 heterocycles. The van der Waals surface area contributed by atoms with Gasteiger partial charge in [0, 0.05) is 24.9 Å². The van der Waals surface area contributed by atoms with Crippen LogP contribution in [0.2, 0.25) is 0 Å². The van der Waals surface area contributed by atoms with Crippen LogP contribution in [0.5, 0.6) is 0 Å². The Bertz CT molecular complexity index is 415. The molecule has 0 radical (unpaired) electrons. The number of ether oxygens (including phenoxy) is 1. The molecule has 0 spiro atoms. The summed E-state index contributed by atoms with van der Waals surface area (Å²) in [4.78, 5) is 16.3. The SMILES string of the molecule is CCOC(=O)C(C)(CCn1ccnc1C(C)C)NC. The van der Waals surface area contributed by atoms with Crippen LogP contribution in [0.15, 0.2) is 12.4 Å². The molecule has 1 atom stereocenters. The Labute approximate surface area is 115 Å². The van der Waals surface area contributed by atoms with Crippen LogP contribution in [-0.2, 0) is 16.1 Å². The van der Waals surface area contributed by atoms with E-state index in [1.165, 1.54) is 0 Å². The molecule has 0 saturated heterocycles. The lowest BCUT2D eigenvalue weighted by atomic mass is 9.98. The summed E-state index contributed by atoms with van der Waals surface area (Å²) < 4.78 is 7.22. The molecule has 0 amide bonds. The number of likely N-dealkylation sites (N-methyl/N-ethyl adjacent to an activating group) is 1. The van der Waals surface area contributed by atoms with Crippen LogP contribution < -0.4 is 5.32 Å². The van der Waals surface area contributed by atoms with Crippen molar-refractivity contribution in [3.8, 4) is 0 Å². The lowest BCUT2D eigenvalue weighted by Gasteiger charge is -2.27. The van der Waals surface area contributed by atoms with Crippen LogP contribution in [0.4, 0.5) is 0 Å². The fourth-order valence-corrected chi connectivity index (χ4v) is 1.97. The molecule has 1 unspecified atom stereocenters. The van der Waals surface area contributed by atoms with Crippen molar-refractivity contribution in [3.63, 3.8) is 0 Å². The largest absolute Gasteiger partial charge is 0.465 e. The highest BCUT2D eigenvalue weighted by atomic mass is 16.5. The molecule has 5 nitrogen and oxygen atoms in total. The van der Waals surface area contributed by atoms with Gasteiger partial charge in [-0.25, -0.2) is 4.98 Å². The second kappa shape index (κ2) is 6.70. The average molecular weight is 267 g/mol. The fraction of sp³-hybridized carbons (Fsp3) is 0.714. The van der Waals surface area contributed by atoms with E-state index in [-0.39, 0.29) is 5.97 Å². The van der Waals surface area contributed by atoms with E-state index < -0.39 is 5.54 Å². The number of hydrogen-bond donors (Lipinski definition) is 1. The Morgan fingerprint density at radius 3 is 2.79 bits per heavy atom. The zero-order chi connectivity index (χ0) is 14.5. The van der Waals surface area contributed by atoms with E-state index in [4.69, 9.17) is 4.74 Å². The molecule has 1 rings (SSSR count). The van der Waals surface area contributed by atoms with E-state index in [2.05, 4.69) is 28.7 Å². The van der Waals surface area contributed by atoms with Gasteiger partial charge in [-0.15, -0.1) is 0 Å². The number of carbonyl (C=O) groups is 1. The number of esters is 1. The number of aryl methyl sites for hydroxylation is 1. The average Bonchev–Trinajstić information content (AvgIpc) is 2.84. The maximum atomic E-state index is 12.0. The first kappa shape index (κ1) is 15.7. The Hall–Kier alpha value is -1.36. The van der Waals surface area contributed by atoms with Gasteiger partial charge in [0.25, 0.3) is 0 Å². The second-order valence-electron chi connectivity index (χ2n) is 5.19. The molecule has 108 valence electrons. The highest BCUT2D eigenvalue weighted by Gasteiger charge is 2.32. The van der Waals surface area contributed by atoms with Gasteiger partial charge in [-0.3, -0.25) is 4.79 Å². The van der Waals surface area contributed by atoms with Crippen molar-refractivity contribution in [3.05, 3.63) is 18.2 Å². The van der Waals surface area contributed by atoms with Gasteiger partial charge in [-0.2, -0.15) is 0 Å². The molecule has 0 bridgehead atoms. The minimum absolute atomic E-state index is 0.205. The molecule has 0 aliphatic rings. The van der Waals surface area contributed by atoms with Crippen molar-refractivity contribution < 1.29 is 9.53 Å². The predicted molar refractivity (Wildman–Crippen MR) is 75.0 cm³/mol. The van der Waals surface area contributed by atoms with E-state index in [0.717, 1.165) is 12.4 Å². The molecule has 0 aliphatic carbocycles. The van der Waals surface area contributed by atoms with Crippen LogP contribution in [0.1, 0.15) is 45.9 Å². The zero-order valence-electron chi connectivity index (χ0n) is 12.6. The molecule has 0 aromatic carbocycles. The monoisotopic (exact) mass is 267 g/mol. The highest BCUT2D eigenvalue weighted by molar-refractivity contribution is 5.80. The van der Waals surface area contributed by atoms with E-state index >= 15 is 0 Å². The molecule has 0 aliphatic heterocycles. The molecule has 0 fully saturated rings. The molecule has 1 N–H and O–H groups in total. The summed E-state index contributed by atoms with van der Waals surface area (Å²) in [6, 6.07) is 0. The standard InChI is InChI=1S/C14H25N3O2/c1-6-19-13(18)14(4,15-5)7-9-17-10-8-16-12(17)11(2)3/h8,10-11,15H,6-7,9H2,1-5H3. The first-order chi connectivity index (χ1) is 8.94. The normalized spacial score (nSPS) is 14.4. The number of hydrogen-bond acceptors (Lipinski definition) is 4. The Kier molecular flexibility index (Phi) is 5.54. The lowest BCUT2D eigenvalue weighted by Crippen LogP contribution is -2.49. The van der Waals surface area contributed by atoms with Gasteiger partial charge in [0.1, 0.15) is 11.4 Å². The Morgan fingerprint density at radius 2 is 2.26 bits per heavy atom. The quantitative estimate of drug-likeness (QED) is 0.767. The molecule has 1 aromatic rings. The van der Waals surface area contributed by atoms with Crippen LogP contribution in [0, 0.1) is 0 Å². The highest BCUT2D eigenvalue weighted by Crippen LogP contribution is 2.17.